The number of fused-ring (bicyclic) bond motifs is 2. The summed E-state index contributed by atoms with van der Waals surface area (Å²) in [6, 6.07) is 21.8. The Morgan fingerprint density at radius 2 is 1.59 bits per heavy atom. The molecular formula is C36H48O2Si. The highest BCUT2D eigenvalue weighted by Gasteiger charge is 2.62. The smallest absolute Gasteiger partial charge is 0.261 e. The maximum Gasteiger partial charge on any atom is 0.261 e. The summed E-state index contributed by atoms with van der Waals surface area (Å²) in [5.74, 6) is 1.56. The Morgan fingerprint density at radius 3 is 2.10 bits per heavy atom. The summed E-state index contributed by atoms with van der Waals surface area (Å²) < 4.78 is 7.19. The summed E-state index contributed by atoms with van der Waals surface area (Å²) in [5.41, 5.74) is 4.28. The van der Waals surface area contributed by atoms with Crippen LogP contribution in [0.1, 0.15) is 86.5 Å². The Morgan fingerprint density at radius 1 is 1.00 bits per heavy atom. The second kappa shape index (κ2) is 10.3. The first kappa shape index (κ1) is 28.3. The molecule has 0 aliphatic heterocycles. The Labute approximate surface area is 238 Å². The molecule has 0 saturated heterocycles. The number of hydrogen-bond donors (Lipinski definition) is 0. The van der Waals surface area contributed by atoms with E-state index in [1.807, 2.05) is 0 Å². The van der Waals surface area contributed by atoms with E-state index in [-0.39, 0.29) is 15.9 Å². The molecule has 0 heterocycles. The number of ketones is 1. The van der Waals surface area contributed by atoms with Crippen molar-refractivity contribution in [3.05, 3.63) is 84.0 Å². The zero-order valence-corrected chi connectivity index (χ0v) is 26.1. The standard InChI is InChI=1S/C36H48O2Si/c1-26(2)30-20-21-36-23-22-35(7,24-32(36)37)31(33(30)36)19-18-27(3)25-38-39(34(4,5)6,28-14-10-8-11-15-28)29-16-12-9-13-17-29/h8-17,26,31H,3,18-25H2,1-2,4-7H3/t31-,35+,36-/m1/s1. The first-order valence-corrected chi connectivity index (χ1v) is 17.0. The van der Waals surface area contributed by atoms with Gasteiger partial charge in [0.15, 0.2) is 0 Å². The molecule has 1 spiro atoms. The van der Waals surface area contributed by atoms with Crippen molar-refractivity contribution in [2.75, 3.05) is 6.61 Å². The first-order valence-electron chi connectivity index (χ1n) is 15.1. The predicted molar refractivity (Wildman–Crippen MR) is 166 cm³/mol. The molecule has 0 unspecified atom stereocenters. The van der Waals surface area contributed by atoms with Crippen LogP contribution in [0.3, 0.4) is 0 Å². The van der Waals surface area contributed by atoms with Crippen molar-refractivity contribution >= 4 is 24.5 Å². The maximum atomic E-state index is 13.4. The second-order valence-electron chi connectivity index (χ2n) is 14.2. The quantitative estimate of drug-likeness (QED) is 0.238. The summed E-state index contributed by atoms with van der Waals surface area (Å²) >= 11 is 0. The molecule has 3 heteroatoms. The van der Waals surface area contributed by atoms with E-state index in [0.717, 1.165) is 38.5 Å². The third-order valence-electron chi connectivity index (χ3n) is 10.5. The van der Waals surface area contributed by atoms with Crippen LogP contribution in [0.4, 0.5) is 0 Å². The molecule has 0 radical (unpaired) electrons. The Hall–Kier alpha value is -2.23. The van der Waals surface area contributed by atoms with Crippen LogP contribution in [0, 0.1) is 22.7 Å². The van der Waals surface area contributed by atoms with Crippen LogP contribution in [0.15, 0.2) is 84.0 Å². The zero-order chi connectivity index (χ0) is 28.1. The van der Waals surface area contributed by atoms with Crippen molar-refractivity contribution in [3.63, 3.8) is 0 Å². The lowest BCUT2D eigenvalue weighted by Gasteiger charge is -2.56. The van der Waals surface area contributed by atoms with Gasteiger partial charge in [-0.15, -0.1) is 0 Å². The van der Waals surface area contributed by atoms with Gasteiger partial charge in [-0.3, -0.25) is 4.79 Å². The van der Waals surface area contributed by atoms with Gasteiger partial charge < -0.3 is 4.43 Å². The number of hydrogen-bond acceptors (Lipinski definition) is 2. The van der Waals surface area contributed by atoms with Crippen LogP contribution in [0.5, 0.6) is 0 Å². The summed E-state index contributed by atoms with van der Waals surface area (Å²) in [6.07, 6.45) is 7.23. The van der Waals surface area contributed by atoms with Crippen molar-refractivity contribution in [1.82, 2.24) is 0 Å². The summed E-state index contributed by atoms with van der Waals surface area (Å²) in [7, 11) is -2.58. The molecule has 4 aliphatic rings. The van der Waals surface area contributed by atoms with Gasteiger partial charge in [0, 0.05) is 6.42 Å². The Bertz CT molecular complexity index is 1210. The first-order chi connectivity index (χ1) is 18.4. The van der Waals surface area contributed by atoms with Crippen LogP contribution < -0.4 is 10.4 Å². The minimum absolute atomic E-state index is 0.0421. The zero-order valence-electron chi connectivity index (χ0n) is 25.1. The van der Waals surface area contributed by atoms with Crippen molar-refractivity contribution in [3.8, 4) is 0 Å². The van der Waals surface area contributed by atoms with E-state index < -0.39 is 8.32 Å². The summed E-state index contributed by atoms with van der Waals surface area (Å²) in [6.45, 7) is 19.2. The molecule has 3 fully saturated rings. The highest BCUT2D eigenvalue weighted by molar-refractivity contribution is 6.99. The monoisotopic (exact) mass is 540 g/mol. The minimum atomic E-state index is -2.58. The molecule has 0 N–H and O–H groups in total. The van der Waals surface area contributed by atoms with Crippen LogP contribution in [0.2, 0.25) is 5.04 Å². The Kier molecular flexibility index (Phi) is 7.48. The van der Waals surface area contributed by atoms with Gasteiger partial charge in [-0.2, -0.15) is 0 Å². The fourth-order valence-electron chi connectivity index (χ4n) is 8.42. The van der Waals surface area contributed by atoms with Gasteiger partial charge in [0.05, 0.1) is 12.0 Å². The summed E-state index contributed by atoms with van der Waals surface area (Å²) in [4.78, 5) is 13.4. The van der Waals surface area contributed by atoms with E-state index in [1.165, 1.54) is 22.4 Å². The third-order valence-corrected chi connectivity index (χ3v) is 15.5. The molecule has 4 aliphatic carbocycles. The normalized spacial score (nSPS) is 26.8. The largest absolute Gasteiger partial charge is 0.403 e. The molecule has 2 aromatic rings. The van der Waals surface area contributed by atoms with Gasteiger partial charge >= 0.3 is 0 Å². The van der Waals surface area contributed by atoms with Crippen LogP contribution in [-0.4, -0.2) is 20.7 Å². The van der Waals surface area contributed by atoms with Crippen LogP contribution in [-0.2, 0) is 9.22 Å². The number of Topliss-reactive ketones (excluding diaryl/α,β-unsaturated/α-hetero) is 1. The number of allylic oxidation sites excluding steroid dienone is 2. The molecular weight excluding hydrogens is 492 g/mol. The molecule has 0 amide bonds. The van der Waals surface area contributed by atoms with Gasteiger partial charge in [0.2, 0.25) is 0 Å². The average Bonchev–Trinajstić information content (AvgIpc) is 3.30. The van der Waals surface area contributed by atoms with E-state index >= 15 is 0 Å². The fraction of sp³-hybridized carbons (Fsp3) is 0.528. The third kappa shape index (κ3) is 4.64. The maximum absolute atomic E-state index is 13.4. The predicted octanol–water partition coefficient (Wildman–Crippen LogP) is 8.02. The molecule has 6 rings (SSSR count). The van der Waals surface area contributed by atoms with Crippen LogP contribution in [0.25, 0.3) is 0 Å². The van der Waals surface area contributed by atoms with Crippen molar-refractivity contribution in [2.24, 2.45) is 22.7 Å². The molecule has 208 valence electrons. The van der Waals surface area contributed by atoms with Crippen LogP contribution >= 0.6 is 0 Å². The number of benzene rings is 2. The highest BCUT2D eigenvalue weighted by Crippen LogP contribution is 2.67. The topological polar surface area (TPSA) is 26.3 Å². The SMILES string of the molecule is C=C(CC[C@@H]1C2=C(C(C)C)CC[C@]23CC[C@@]1(C)CC3=O)CO[Si](c1ccccc1)(c1ccccc1)C(C)(C)C. The lowest BCUT2D eigenvalue weighted by molar-refractivity contribution is -0.140. The molecule has 0 aromatic heterocycles. The highest BCUT2D eigenvalue weighted by atomic mass is 28.4. The second-order valence-corrected chi connectivity index (χ2v) is 18.5. The average molecular weight is 541 g/mol. The van der Waals surface area contributed by atoms with Crippen molar-refractivity contribution < 1.29 is 9.22 Å². The Balaban J connectivity index is 1.39. The summed E-state index contributed by atoms with van der Waals surface area (Å²) in [5, 5.41) is 2.58. The van der Waals surface area contributed by atoms with Gasteiger partial charge in [0.25, 0.3) is 8.32 Å². The number of carbonyl (C=O) groups excluding carboxylic acids is 1. The minimum Gasteiger partial charge on any atom is -0.403 e. The van der Waals surface area contributed by atoms with Crippen molar-refractivity contribution in [2.45, 2.75) is 91.5 Å². The number of carbonyl (C=O) groups is 1. The molecule has 3 atom stereocenters. The van der Waals surface area contributed by atoms with Gasteiger partial charge in [0.1, 0.15) is 5.78 Å². The molecule has 2 bridgehead atoms. The fourth-order valence-corrected chi connectivity index (χ4v) is 13.0. The van der Waals surface area contributed by atoms with Gasteiger partial charge in [-0.1, -0.05) is 126 Å². The van der Waals surface area contributed by atoms with Gasteiger partial charge in [-0.05, 0) is 71.2 Å². The number of rotatable bonds is 9. The molecule has 39 heavy (non-hydrogen) atoms. The molecule has 3 saturated carbocycles. The van der Waals surface area contributed by atoms with E-state index in [1.54, 1.807) is 11.1 Å². The van der Waals surface area contributed by atoms with Gasteiger partial charge in [-0.25, -0.2) is 0 Å². The van der Waals surface area contributed by atoms with Crippen molar-refractivity contribution in [1.29, 1.82) is 0 Å². The van der Waals surface area contributed by atoms with E-state index in [2.05, 4.69) is 109 Å². The van der Waals surface area contributed by atoms with E-state index in [4.69, 9.17) is 4.43 Å². The lowest BCUT2D eigenvalue weighted by Crippen LogP contribution is -2.66. The molecule has 2 nitrogen and oxygen atoms in total. The van der Waals surface area contributed by atoms with E-state index in [9.17, 15) is 4.79 Å². The van der Waals surface area contributed by atoms with E-state index in [0.29, 0.717) is 24.2 Å². The lowest BCUT2D eigenvalue weighted by atomic mass is 9.46. The molecule has 2 aromatic carbocycles.